The second-order valence-electron chi connectivity index (χ2n) is 3.74. The van der Waals surface area contributed by atoms with Crippen LogP contribution in [-0.4, -0.2) is 11.1 Å². The highest BCUT2D eigenvalue weighted by Crippen LogP contribution is 2.30. The molecule has 2 nitrogen and oxygen atoms in total. The second-order valence-corrected chi connectivity index (χ2v) is 6.48. The zero-order valence-electron chi connectivity index (χ0n) is 9.64. The molecule has 0 bridgehead atoms. The second kappa shape index (κ2) is 5.78. The minimum atomic E-state index is -0.859. The van der Waals surface area contributed by atoms with Crippen LogP contribution in [0.3, 0.4) is 0 Å². The lowest BCUT2D eigenvalue weighted by molar-refractivity contribution is 0.0702. The van der Waals surface area contributed by atoms with Crippen LogP contribution in [0.4, 0.5) is 0 Å². The van der Waals surface area contributed by atoms with E-state index in [-0.39, 0.29) is 0 Å². The molecule has 1 heterocycles. The lowest BCUT2D eigenvalue weighted by Crippen LogP contribution is -1.90. The summed E-state index contributed by atoms with van der Waals surface area (Å²) in [5.41, 5.74) is 1.07. The topological polar surface area (TPSA) is 37.3 Å². The van der Waals surface area contributed by atoms with E-state index in [4.69, 9.17) is 16.7 Å². The fourth-order valence-corrected chi connectivity index (χ4v) is 3.72. The molecule has 1 aromatic carbocycles. The van der Waals surface area contributed by atoms with E-state index in [9.17, 15) is 4.79 Å². The van der Waals surface area contributed by atoms with Crippen molar-refractivity contribution in [3.63, 3.8) is 0 Å². The van der Waals surface area contributed by atoms with Crippen LogP contribution in [0.5, 0.6) is 0 Å². The van der Waals surface area contributed by atoms with E-state index in [0.29, 0.717) is 9.90 Å². The van der Waals surface area contributed by atoms with Crippen LogP contribution in [0.15, 0.2) is 35.2 Å². The van der Waals surface area contributed by atoms with Gasteiger partial charge >= 0.3 is 5.97 Å². The van der Waals surface area contributed by atoms with E-state index in [0.717, 1.165) is 21.1 Å². The maximum atomic E-state index is 10.9. The molecule has 0 aliphatic heterocycles. The summed E-state index contributed by atoms with van der Waals surface area (Å²) in [5, 5.41) is 9.65. The summed E-state index contributed by atoms with van der Waals surface area (Å²) < 4.78 is 0. The van der Waals surface area contributed by atoms with Gasteiger partial charge in [-0.05, 0) is 36.8 Å². The molecule has 0 saturated carbocycles. The van der Waals surface area contributed by atoms with Gasteiger partial charge in [0.15, 0.2) is 0 Å². The Morgan fingerprint density at radius 3 is 2.83 bits per heavy atom. The number of carboxylic acid groups (broad SMARTS) is 1. The number of aryl methyl sites for hydroxylation is 1. The zero-order chi connectivity index (χ0) is 13.1. The molecule has 0 aliphatic carbocycles. The standard InChI is InChI=1S/C13H11ClO2S2/c1-8-9(5-12(18-8)13(15)16)7-17-11-4-2-3-10(14)6-11/h2-6H,7H2,1H3,(H,15,16). The van der Waals surface area contributed by atoms with Crippen molar-refractivity contribution in [3.05, 3.63) is 50.7 Å². The molecule has 2 rings (SSSR count). The van der Waals surface area contributed by atoms with E-state index in [1.807, 2.05) is 31.2 Å². The largest absolute Gasteiger partial charge is 0.477 e. The first-order valence-corrected chi connectivity index (χ1v) is 7.45. The molecule has 1 aromatic heterocycles. The van der Waals surface area contributed by atoms with E-state index >= 15 is 0 Å². The average Bonchev–Trinajstić information content (AvgIpc) is 2.68. The molecule has 2 aromatic rings. The number of carboxylic acids is 1. The predicted molar refractivity (Wildman–Crippen MR) is 77.0 cm³/mol. The molecule has 0 atom stereocenters. The first-order valence-electron chi connectivity index (χ1n) is 5.27. The summed E-state index contributed by atoms with van der Waals surface area (Å²) in [6.45, 7) is 1.95. The lowest BCUT2D eigenvalue weighted by atomic mass is 10.3. The molecule has 0 aliphatic rings. The summed E-state index contributed by atoms with van der Waals surface area (Å²) in [7, 11) is 0. The van der Waals surface area contributed by atoms with Crippen LogP contribution < -0.4 is 0 Å². The van der Waals surface area contributed by atoms with E-state index in [1.54, 1.807) is 17.8 Å². The van der Waals surface area contributed by atoms with Crippen LogP contribution in [-0.2, 0) is 5.75 Å². The molecular formula is C13H11ClO2S2. The van der Waals surface area contributed by atoms with Crippen molar-refractivity contribution < 1.29 is 9.90 Å². The highest BCUT2D eigenvalue weighted by Gasteiger charge is 2.11. The third kappa shape index (κ3) is 3.28. The van der Waals surface area contributed by atoms with E-state index in [2.05, 4.69) is 0 Å². The monoisotopic (exact) mass is 298 g/mol. The van der Waals surface area contributed by atoms with Gasteiger partial charge in [-0.3, -0.25) is 0 Å². The maximum Gasteiger partial charge on any atom is 0.345 e. The Bertz CT molecular complexity index is 578. The van der Waals surface area contributed by atoms with Crippen molar-refractivity contribution in [2.75, 3.05) is 0 Å². The first kappa shape index (κ1) is 13.5. The Balaban J connectivity index is 2.08. The maximum absolute atomic E-state index is 10.9. The van der Waals surface area contributed by atoms with Gasteiger partial charge in [0.25, 0.3) is 0 Å². The summed E-state index contributed by atoms with van der Waals surface area (Å²) in [6, 6.07) is 9.40. The van der Waals surface area contributed by atoms with Crippen molar-refractivity contribution in [1.29, 1.82) is 0 Å². The Morgan fingerprint density at radius 2 is 2.22 bits per heavy atom. The van der Waals surface area contributed by atoms with Gasteiger partial charge in [-0.1, -0.05) is 17.7 Å². The third-order valence-electron chi connectivity index (χ3n) is 2.42. The zero-order valence-corrected chi connectivity index (χ0v) is 12.0. The SMILES string of the molecule is Cc1sc(C(=O)O)cc1CSc1cccc(Cl)c1. The van der Waals surface area contributed by atoms with Crippen molar-refractivity contribution >= 4 is 40.7 Å². The van der Waals surface area contributed by atoms with Gasteiger partial charge < -0.3 is 5.11 Å². The van der Waals surface area contributed by atoms with Gasteiger partial charge in [-0.25, -0.2) is 4.79 Å². The molecule has 0 radical (unpaired) electrons. The van der Waals surface area contributed by atoms with Crippen molar-refractivity contribution in [2.24, 2.45) is 0 Å². The Labute approximate surface area is 119 Å². The third-order valence-corrected chi connectivity index (χ3v) is 4.78. The minimum Gasteiger partial charge on any atom is -0.477 e. The van der Waals surface area contributed by atoms with Gasteiger partial charge in [0.2, 0.25) is 0 Å². The number of benzene rings is 1. The lowest BCUT2D eigenvalue weighted by Gasteiger charge is -2.01. The summed E-state index contributed by atoms with van der Waals surface area (Å²) in [5.74, 6) is -0.0993. The molecule has 0 unspecified atom stereocenters. The van der Waals surface area contributed by atoms with E-state index < -0.39 is 5.97 Å². The number of thiophene rings is 1. The molecule has 18 heavy (non-hydrogen) atoms. The fourth-order valence-electron chi connectivity index (χ4n) is 1.49. The van der Waals surface area contributed by atoms with Crippen LogP contribution >= 0.6 is 34.7 Å². The molecular weight excluding hydrogens is 288 g/mol. The van der Waals surface area contributed by atoms with Gasteiger partial charge in [0, 0.05) is 20.5 Å². The van der Waals surface area contributed by atoms with Gasteiger partial charge in [0.1, 0.15) is 4.88 Å². The Hall–Kier alpha value is -0.970. The highest BCUT2D eigenvalue weighted by atomic mass is 35.5. The van der Waals surface area contributed by atoms with Crippen LogP contribution in [0.25, 0.3) is 0 Å². The summed E-state index contributed by atoms with van der Waals surface area (Å²) >= 11 is 8.89. The summed E-state index contributed by atoms with van der Waals surface area (Å²) in [4.78, 5) is 13.4. The normalized spacial score (nSPS) is 10.6. The number of carbonyl (C=O) groups is 1. The first-order chi connectivity index (χ1) is 8.56. The number of aromatic carboxylic acids is 1. The van der Waals surface area contributed by atoms with Crippen molar-refractivity contribution in [2.45, 2.75) is 17.6 Å². The highest BCUT2D eigenvalue weighted by molar-refractivity contribution is 7.98. The number of halogens is 1. The summed E-state index contributed by atoms with van der Waals surface area (Å²) in [6.07, 6.45) is 0. The Kier molecular flexibility index (Phi) is 4.32. The van der Waals surface area contributed by atoms with Crippen molar-refractivity contribution in [3.8, 4) is 0 Å². The van der Waals surface area contributed by atoms with Gasteiger partial charge in [-0.2, -0.15) is 0 Å². The molecule has 94 valence electrons. The van der Waals surface area contributed by atoms with Crippen LogP contribution in [0.1, 0.15) is 20.1 Å². The molecule has 0 amide bonds. The fraction of sp³-hybridized carbons (Fsp3) is 0.154. The molecule has 0 saturated heterocycles. The van der Waals surface area contributed by atoms with Crippen molar-refractivity contribution in [1.82, 2.24) is 0 Å². The van der Waals surface area contributed by atoms with Gasteiger partial charge in [-0.15, -0.1) is 23.1 Å². The molecule has 0 fully saturated rings. The number of hydrogen-bond acceptors (Lipinski definition) is 3. The molecule has 5 heteroatoms. The smallest absolute Gasteiger partial charge is 0.345 e. The van der Waals surface area contributed by atoms with Crippen LogP contribution in [0.2, 0.25) is 5.02 Å². The molecule has 0 spiro atoms. The number of rotatable bonds is 4. The molecule has 1 N–H and O–H groups in total. The Morgan fingerprint density at radius 1 is 1.44 bits per heavy atom. The number of hydrogen-bond donors (Lipinski definition) is 1. The average molecular weight is 299 g/mol. The van der Waals surface area contributed by atoms with Gasteiger partial charge in [0.05, 0.1) is 0 Å². The van der Waals surface area contributed by atoms with Crippen LogP contribution in [0, 0.1) is 6.92 Å². The predicted octanol–water partition coefficient (Wildman–Crippen LogP) is 4.70. The quantitative estimate of drug-likeness (QED) is 0.831. The number of thioether (sulfide) groups is 1. The minimum absolute atomic E-state index is 0.397. The van der Waals surface area contributed by atoms with E-state index in [1.165, 1.54) is 11.3 Å².